The summed E-state index contributed by atoms with van der Waals surface area (Å²) < 4.78 is 42.9. The first-order chi connectivity index (χ1) is 12.3. The lowest BCUT2D eigenvalue weighted by Crippen LogP contribution is -2.45. The summed E-state index contributed by atoms with van der Waals surface area (Å²) in [6.07, 6.45) is -4.40. The largest absolute Gasteiger partial charge is 0.482 e. The van der Waals surface area contributed by atoms with Crippen molar-refractivity contribution in [2.75, 3.05) is 18.1 Å². The summed E-state index contributed by atoms with van der Waals surface area (Å²) in [5.41, 5.74) is 0.289. The van der Waals surface area contributed by atoms with E-state index in [1.807, 2.05) is 0 Å². The first kappa shape index (κ1) is 17.8. The van der Waals surface area contributed by atoms with Crippen LogP contribution in [-0.2, 0) is 22.3 Å². The molecule has 0 saturated carbocycles. The average molecular weight is 364 g/mol. The third-order valence-electron chi connectivity index (χ3n) is 3.88. The molecule has 136 valence electrons. The van der Waals surface area contributed by atoms with Gasteiger partial charge in [-0.2, -0.15) is 13.2 Å². The average Bonchev–Trinajstić information content (AvgIpc) is 2.62. The van der Waals surface area contributed by atoms with Gasteiger partial charge in [-0.25, -0.2) is 0 Å². The molecule has 0 saturated heterocycles. The monoisotopic (exact) mass is 364 g/mol. The molecule has 0 fully saturated rings. The summed E-state index contributed by atoms with van der Waals surface area (Å²) in [6, 6.07) is 11.4. The number of carbonyl (C=O) groups is 2. The molecule has 1 heterocycles. The lowest BCUT2D eigenvalue weighted by atomic mass is 10.1. The highest BCUT2D eigenvalue weighted by Crippen LogP contribution is 2.31. The third-order valence-corrected chi connectivity index (χ3v) is 3.88. The van der Waals surface area contributed by atoms with Crippen molar-refractivity contribution in [3.8, 4) is 5.75 Å². The molecular weight excluding hydrogens is 349 g/mol. The number of hydrogen-bond donors (Lipinski definition) is 1. The van der Waals surface area contributed by atoms with Crippen molar-refractivity contribution in [1.82, 2.24) is 5.32 Å². The number of alkyl halides is 3. The van der Waals surface area contributed by atoms with Gasteiger partial charge in [-0.3, -0.25) is 14.5 Å². The van der Waals surface area contributed by atoms with Crippen LogP contribution in [0.1, 0.15) is 11.1 Å². The predicted molar refractivity (Wildman–Crippen MR) is 87.6 cm³/mol. The lowest BCUT2D eigenvalue weighted by molar-refractivity contribution is -0.137. The number of para-hydroxylation sites is 2. The molecule has 0 unspecified atom stereocenters. The molecule has 1 aliphatic heterocycles. The van der Waals surface area contributed by atoms with Crippen LogP contribution in [0.25, 0.3) is 0 Å². The Bertz CT molecular complexity index is 819. The van der Waals surface area contributed by atoms with Gasteiger partial charge < -0.3 is 10.1 Å². The number of rotatable bonds is 4. The van der Waals surface area contributed by atoms with Crippen molar-refractivity contribution >= 4 is 17.5 Å². The molecule has 1 aliphatic rings. The number of nitrogens with zero attached hydrogens (tertiary/aromatic N) is 1. The van der Waals surface area contributed by atoms with Crippen LogP contribution in [0.3, 0.4) is 0 Å². The molecule has 0 spiro atoms. The Morgan fingerprint density at radius 2 is 1.81 bits per heavy atom. The van der Waals surface area contributed by atoms with Crippen molar-refractivity contribution in [1.29, 1.82) is 0 Å². The van der Waals surface area contributed by atoms with E-state index in [0.717, 1.165) is 12.1 Å². The first-order valence-corrected chi connectivity index (χ1v) is 7.79. The molecule has 2 amide bonds. The number of amides is 2. The van der Waals surface area contributed by atoms with Gasteiger partial charge in [-0.1, -0.05) is 24.3 Å². The van der Waals surface area contributed by atoms with Crippen LogP contribution in [0.4, 0.5) is 18.9 Å². The van der Waals surface area contributed by atoms with Crippen molar-refractivity contribution in [2.45, 2.75) is 12.7 Å². The minimum absolute atomic E-state index is 0.0666. The van der Waals surface area contributed by atoms with Gasteiger partial charge in [0.05, 0.1) is 11.3 Å². The van der Waals surface area contributed by atoms with E-state index in [0.29, 0.717) is 17.0 Å². The molecule has 2 aromatic rings. The number of fused-ring (bicyclic) bond motifs is 1. The van der Waals surface area contributed by atoms with E-state index in [4.69, 9.17) is 4.74 Å². The Hall–Kier alpha value is -3.03. The SMILES string of the molecule is O=C(CN1C(=O)COc2ccccc21)NCc1ccc(C(F)(F)F)cc1. The molecule has 5 nitrogen and oxygen atoms in total. The Balaban J connectivity index is 1.60. The fraction of sp³-hybridized carbons (Fsp3) is 0.222. The van der Waals surface area contributed by atoms with Gasteiger partial charge in [0.25, 0.3) is 5.91 Å². The van der Waals surface area contributed by atoms with E-state index in [1.165, 1.54) is 17.0 Å². The van der Waals surface area contributed by atoms with E-state index in [1.54, 1.807) is 24.3 Å². The number of benzene rings is 2. The predicted octanol–water partition coefficient (Wildman–Crippen LogP) is 2.75. The topological polar surface area (TPSA) is 58.6 Å². The molecule has 26 heavy (non-hydrogen) atoms. The Morgan fingerprint density at radius 1 is 1.12 bits per heavy atom. The Morgan fingerprint density at radius 3 is 2.50 bits per heavy atom. The van der Waals surface area contributed by atoms with Crippen LogP contribution in [0, 0.1) is 0 Å². The number of ether oxygens (including phenoxy) is 1. The lowest BCUT2D eigenvalue weighted by Gasteiger charge is -2.28. The molecule has 3 rings (SSSR count). The maximum atomic E-state index is 12.5. The van der Waals surface area contributed by atoms with Crippen molar-refractivity contribution < 1.29 is 27.5 Å². The molecule has 0 aromatic heterocycles. The molecule has 0 radical (unpaired) electrons. The van der Waals surface area contributed by atoms with Crippen molar-refractivity contribution in [3.05, 3.63) is 59.7 Å². The van der Waals surface area contributed by atoms with Gasteiger partial charge in [0.15, 0.2) is 6.61 Å². The summed E-state index contributed by atoms with van der Waals surface area (Å²) >= 11 is 0. The minimum Gasteiger partial charge on any atom is -0.482 e. The van der Waals surface area contributed by atoms with Gasteiger partial charge in [0, 0.05) is 6.54 Å². The van der Waals surface area contributed by atoms with Crippen molar-refractivity contribution in [2.24, 2.45) is 0 Å². The maximum Gasteiger partial charge on any atom is 0.416 e. The van der Waals surface area contributed by atoms with Gasteiger partial charge in [-0.05, 0) is 29.8 Å². The second-order valence-electron chi connectivity index (χ2n) is 5.71. The summed E-state index contributed by atoms with van der Waals surface area (Å²) in [7, 11) is 0. The molecule has 2 aromatic carbocycles. The highest BCUT2D eigenvalue weighted by atomic mass is 19.4. The van der Waals surface area contributed by atoms with E-state index in [9.17, 15) is 22.8 Å². The highest BCUT2D eigenvalue weighted by Gasteiger charge is 2.30. The molecule has 8 heteroatoms. The van der Waals surface area contributed by atoms with Gasteiger partial charge in [-0.15, -0.1) is 0 Å². The maximum absolute atomic E-state index is 12.5. The van der Waals surface area contributed by atoms with E-state index < -0.39 is 17.6 Å². The van der Waals surface area contributed by atoms with Gasteiger partial charge >= 0.3 is 6.18 Å². The van der Waals surface area contributed by atoms with Crippen LogP contribution >= 0.6 is 0 Å². The second kappa shape index (κ2) is 7.07. The number of halogens is 3. The quantitative estimate of drug-likeness (QED) is 0.908. The van der Waals surface area contributed by atoms with Gasteiger partial charge in [0.1, 0.15) is 12.3 Å². The van der Waals surface area contributed by atoms with Crippen molar-refractivity contribution in [3.63, 3.8) is 0 Å². The van der Waals surface area contributed by atoms with Crippen LogP contribution in [0.15, 0.2) is 48.5 Å². The number of anilines is 1. The number of nitrogens with one attached hydrogen (secondary N) is 1. The highest BCUT2D eigenvalue weighted by molar-refractivity contribution is 6.02. The second-order valence-corrected chi connectivity index (χ2v) is 5.71. The van der Waals surface area contributed by atoms with Crippen LogP contribution in [0.5, 0.6) is 5.75 Å². The fourth-order valence-corrected chi connectivity index (χ4v) is 2.54. The summed E-state index contributed by atoms with van der Waals surface area (Å²) in [5.74, 6) is -0.244. The van der Waals surface area contributed by atoms with E-state index in [-0.39, 0.29) is 25.6 Å². The Kier molecular flexibility index (Phi) is 4.83. The first-order valence-electron chi connectivity index (χ1n) is 7.79. The zero-order chi connectivity index (χ0) is 18.7. The minimum atomic E-state index is -4.40. The zero-order valence-corrected chi connectivity index (χ0v) is 13.5. The normalized spacial score (nSPS) is 13.8. The molecule has 1 N–H and O–H groups in total. The molecule has 0 aliphatic carbocycles. The van der Waals surface area contributed by atoms with Gasteiger partial charge in [0.2, 0.25) is 5.91 Å². The van der Waals surface area contributed by atoms with E-state index >= 15 is 0 Å². The molecular formula is C18H15F3N2O3. The smallest absolute Gasteiger partial charge is 0.416 e. The summed E-state index contributed by atoms with van der Waals surface area (Å²) in [6.45, 7) is -0.278. The Labute approximate surface area is 147 Å². The third kappa shape index (κ3) is 3.96. The zero-order valence-electron chi connectivity index (χ0n) is 13.5. The molecule has 0 atom stereocenters. The summed E-state index contributed by atoms with van der Waals surface area (Å²) in [5, 5.41) is 2.60. The standard InChI is InChI=1S/C18H15F3N2O3/c19-18(20,21)13-7-5-12(6-8-13)9-22-16(24)10-23-14-3-1-2-4-15(14)26-11-17(23)25/h1-8H,9-11H2,(H,22,24). The van der Waals surface area contributed by atoms with Crippen LogP contribution in [0.2, 0.25) is 0 Å². The molecule has 0 bridgehead atoms. The number of carbonyl (C=O) groups excluding carboxylic acids is 2. The van der Waals surface area contributed by atoms with Crippen LogP contribution in [-0.4, -0.2) is 25.0 Å². The van der Waals surface area contributed by atoms with Crippen LogP contribution < -0.4 is 15.0 Å². The summed E-state index contributed by atoms with van der Waals surface area (Å²) in [4.78, 5) is 25.5. The van der Waals surface area contributed by atoms with E-state index in [2.05, 4.69) is 5.32 Å². The number of hydrogen-bond acceptors (Lipinski definition) is 3. The fourth-order valence-electron chi connectivity index (χ4n) is 2.54.